The topological polar surface area (TPSA) is 199 Å². The van der Waals surface area contributed by atoms with Crippen molar-refractivity contribution in [1.29, 1.82) is 0 Å². The molecule has 1 atom stereocenters. The smallest absolute Gasteiger partial charge is 0.268 e. The van der Waals surface area contributed by atoms with Crippen molar-refractivity contribution in [2.45, 2.75) is 55.4 Å². The molecule has 4 heterocycles. The lowest BCUT2D eigenvalue weighted by molar-refractivity contribution is 0.0972. The van der Waals surface area contributed by atoms with Crippen molar-refractivity contribution in [2.24, 2.45) is 0 Å². The molecule has 8 rings (SSSR count). The molecule has 6 aromatic rings. The Kier molecular flexibility index (Phi) is 10.6. The van der Waals surface area contributed by atoms with Crippen molar-refractivity contribution < 1.29 is 45.4 Å². The quantitative estimate of drug-likeness (QED) is 0.158. The monoisotopic (exact) mass is 838 g/mol. The second kappa shape index (κ2) is 15.9. The van der Waals surface area contributed by atoms with Gasteiger partial charge in [-0.3, -0.25) is 19.0 Å². The summed E-state index contributed by atoms with van der Waals surface area (Å²) in [5.41, 5.74) is 3.67. The van der Waals surface area contributed by atoms with Gasteiger partial charge in [0.2, 0.25) is 0 Å². The lowest BCUT2D eigenvalue weighted by Crippen LogP contribution is -2.31. The molecule has 18 heteroatoms. The van der Waals surface area contributed by atoms with E-state index in [-0.39, 0.29) is 51.7 Å². The van der Waals surface area contributed by atoms with Crippen molar-refractivity contribution in [3.05, 3.63) is 143 Å². The van der Waals surface area contributed by atoms with Gasteiger partial charge in [-0.2, -0.15) is 10.2 Å². The van der Waals surface area contributed by atoms with Crippen LogP contribution in [0.15, 0.2) is 113 Å². The summed E-state index contributed by atoms with van der Waals surface area (Å²) in [5.74, 6) is -0.509. The summed E-state index contributed by atoms with van der Waals surface area (Å²) < 4.78 is 83.8. The van der Waals surface area contributed by atoms with E-state index < -0.39 is 31.9 Å². The molecule has 0 saturated carbocycles. The summed E-state index contributed by atoms with van der Waals surface area (Å²) >= 11 is 0. The van der Waals surface area contributed by atoms with E-state index in [9.17, 15) is 26.4 Å². The highest BCUT2D eigenvalue weighted by Gasteiger charge is 2.30. The third-order valence-corrected chi connectivity index (χ3v) is 12.5. The second-order valence-corrected chi connectivity index (χ2v) is 17.3. The van der Waals surface area contributed by atoms with Gasteiger partial charge in [-0.1, -0.05) is 36.4 Å². The van der Waals surface area contributed by atoms with Crippen LogP contribution in [0.25, 0.3) is 0 Å². The molecular weight excluding hydrogens is 801 g/mol. The predicted molar refractivity (Wildman–Crippen MR) is 212 cm³/mol. The van der Waals surface area contributed by atoms with Gasteiger partial charge in [0.05, 0.1) is 33.0 Å². The molecule has 0 bridgehead atoms. The van der Waals surface area contributed by atoms with Gasteiger partial charge in [-0.15, -0.1) is 0 Å². The number of hydrogen-bond acceptors (Lipinski definition) is 12. The Bertz CT molecular complexity index is 2800. The van der Waals surface area contributed by atoms with Gasteiger partial charge in [-0.25, -0.2) is 26.3 Å². The van der Waals surface area contributed by atoms with Crippen molar-refractivity contribution in [3.63, 3.8) is 0 Å². The molecule has 4 aromatic carbocycles. The number of ether oxygens (including phenoxy) is 4. The third-order valence-electron chi connectivity index (χ3n) is 9.78. The van der Waals surface area contributed by atoms with E-state index in [0.29, 0.717) is 54.2 Å². The molecule has 2 amide bonds. The number of methoxy groups -OCH3 is 1. The maximum absolute atomic E-state index is 13.4. The maximum Gasteiger partial charge on any atom is 0.268 e. The number of carbonyl (C=O) groups is 2. The first-order valence-corrected chi connectivity index (χ1v) is 21.4. The van der Waals surface area contributed by atoms with Gasteiger partial charge >= 0.3 is 0 Å². The number of amides is 2. The molecule has 1 unspecified atom stereocenters. The largest absolute Gasteiger partial charge is 0.496 e. The molecule has 2 aromatic heterocycles. The lowest BCUT2D eigenvalue weighted by Gasteiger charge is -2.14. The summed E-state index contributed by atoms with van der Waals surface area (Å²) in [6.45, 7) is 2.80. The van der Waals surface area contributed by atoms with Crippen LogP contribution in [0.3, 0.4) is 0 Å². The molecule has 0 radical (unpaired) electrons. The number of carbonyl (C=O) groups excluding carboxylic acids is 2. The number of rotatable bonds is 14. The van der Waals surface area contributed by atoms with Gasteiger partial charge in [0, 0.05) is 59.2 Å². The number of aromatic nitrogens is 4. The van der Waals surface area contributed by atoms with Gasteiger partial charge in [0.1, 0.15) is 45.5 Å². The lowest BCUT2D eigenvalue weighted by atomic mass is 10.1. The Hall–Kier alpha value is -6.66. The van der Waals surface area contributed by atoms with Crippen molar-refractivity contribution in [3.8, 4) is 23.0 Å². The summed E-state index contributed by atoms with van der Waals surface area (Å²) in [4.78, 5) is 26.3. The fraction of sp³-hybridized carbons (Fsp3) is 0.220. The predicted octanol–water partition coefficient (Wildman–Crippen LogP) is 4.26. The minimum absolute atomic E-state index is 0.0439. The number of nitrogens with one attached hydrogen (secondary N) is 2. The van der Waals surface area contributed by atoms with E-state index in [1.807, 2.05) is 6.92 Å². The molecule has 0 aliphatic carbocycles. The minimum Gasteiger partial charge on any atom is -0.496 e. The molecule has 2 N–H and O–H groups in total. The highest BCUT2D eigenvalue weighted by molar-refractivity contribution is 7.90. The highest BCUT2D eigenvalue weighted by atomic mass is 32.2. The third kappa shape index (κ3) is 8.35. The van der Waals surface area contributed by atoms with Crippen LogP contribution in [0, 0.1) is 0 Å². The van der Waals surface area contributed by atoms with Crippen LogP contribution in [0.4, 0.5) is 0 Å². The number of nitrogens with zero attached hydrogens (tertiary/aromatic N) is 4. The molecule has 2 aliphatic heterocycles. The van der Waals surface area contributed by atoms with Crippen LogP contribution >= 0.6 is 0 Å². The molecule has 0 saturated heterocycles. The Balaban J connectivity index is 0.950. The molecule has 304 valence electrons. The number of sulfonamides is 2. The maximum atomic E-state index is 13.4. The molecule has 0 spiro atoms. The van der Waals surface area contributed by atoms with Crippen LogP contribution < -0.4 is 28.4 Å². The number of para-hydroxylation sites is 2. The Morgan fingerprint density at radius 2 is 1.44 bits per heavy atom. The summed E-state index contributed by atoms with van der Waals surface area (Å²) in [6, 6.07) is 20.7. The summed E-state index contributed by atoms with van der Waals surface area (Å²) in [6.07, 6.45) is 7.76. The van der Waals surface area contributed by atoms with E-state index in [0.717, 1.165) is 11.1 Å². The minimum atomic E-state index is -4.26. The zero-order valence-corrected chi connectivity index (χ0v) is 33.5. The molecule has 0 fully saturated rings. The average molecular weight is 839 g/mol. The van der Waals surface area contributed by atoms with Gasteiger partial charge in [0.25, 0.3) is 31.9 Å². The normalized spacial score (nSPS) is 14.4. The second-order valence-electron chi connectivity index (χ2n) is 14.0. The summed E-state index contributed by atoms with van der Waals surface area (Å²) in [7, 11) is -7.06. The van der Waals surface area contributed by atoms with Crippen LogP contribution in [0.1, 0.15) is 55.5 Å². The molecule has 16 nitrogen and oxygen atoms in total. The van der Waals surface area contributed by atoms with E-state index >= 15 is 0 Å². The van der Waals surface area contributed by atoms with E-state index in [2.05, 4.69) is 19.6 Å². The van der Waals surface area contributed by atoms with Crippen LogP contribution in [0.2, 0.25) is 0 Å². The zero-order chi connectivity index (χ0) is 41.3. The van der Waals surface area contributed by atoms with Gasteiger partial charge in [-0.05, 0) is 60.5 Å². The molecule has 59 heavy (non-hydrogen) atoms. The fourth-order valence-electron chi connectivity index (χ4n) is 6.94. The Morgan fingerprint density at radius 3 is 2.12 bits per heavy atom. The highest BCUT2D eigenvalue weighted by Crippen LogP contribution is 2.36. The fourth-order valence-corrected chi connectivity index (χ4v) is 9.25. The van der Waals surface area contributed by atoms with E-state index in [1.54, 1.807) is 76.6 Å². The first kappa shape index (κ1) is 39.2. The number of benzene rings is 4. The average Bonchev–Trinajstić information content (AvgIpc) is 4.05. The van der Waals surface area contributed by atoms with Gasteiger partial charge in [0.15, 0.2) is 0 Å². The number of fused-ring (bicyclic) bond motifs is 2. The van der Waals surface area contributed by atoms with Gasteiger partial charge < -0.3 is 18.9 Å². The number of hydrogen-bond donors (Lipinski definition) is 2. The SMILES string of the molecule is COc1cc(C(=O)NS(=O)(=O)c2cccc3c2OC(C)C3)ccc1Cn1cc(COc2cc(C(=O)NS(=O)(=O)c3cccc4c3OCC4)ccc2Cn2cccn2)cn1. The van der Waals surface area contributed by atoms with Crippen molar-refractivity contribution >= 4 is 31.9 Å². The first-order chi connectivity index (χ1) is 28.4. The Morgan fingerprint density at radius 1 is 0.797 bits per heavy atom. The molecular formula is C41H38N6O10S2. The van der Waals surface area contributed by atoms with Crippen LogP contribution in [0.5, 0.6) is 23.0 Å². The van der Waals surface area contributed by atoms with Crippen LogP contribution in [-0.4, -0.2) is 68.0 Å². The standard InChI is InChI=1S/C41H38N6O10S2/c1-26-18-29-7-4-9-37(39(29)57-26)59(52,53)45-40(48)30-10-12-32(34(19-30)54-2)24-47-22-27(21-43-47)25-56-35-20-31(11-13-33(35)23-46-16-5-15-42-46)41(49)44-58(50,51)36-8-3-6-28-14-17-55-38(28)36/h3-13,15-16,19-22,26H,14,17-18,23-25H2,1-2H3,(H,44,49)(H,45,48). The van der Waals surface area contributed by atoms with E-state index in [1.165, 1.54) is 43.5 Å². The van der Waals surface area contributed by atoms with Crippen molar-refractivity contribution in [2.75, 3.05) is 13.7 Å². The van der Waals surface area contributed by atoms with Crippen LogP contribution in [-0.2, 0) is 52.6 Å². The first-order valence-electron chi connectivity index (χ1n) is 18.5. The van der Waals surface area contributed by atoms with E-state index in [4.69, 9.17) is 18.9 Å². The summed E-state index contributed by atoms with van der Waals surface area (Å²) in [5, 5.41) is 8.72. The Labute approximate surface area is 339 Å². The molecule has 2 aliphatic rings. The van der Waals surface area contributed by atoms with Crippen molar-refractivity contribution in [1.82, 2.24) is 29.0 Å². The zero-order valence-electron chi connectivity index (χ0n) is 31.8.